The summed E-state index contributed by atoms with van der Waals surface area (Å²) in [6.45, 7) is 5.92. The number of hydrogen-bond donors (Lipinski definition) is 1. The SMILES string of the molecule is C=CCCCCCCCCCC(CCCCCC)C(=O)O. The highest BCUT2D eigenvalue weighted by Crippen LogP contribution is 2.19. The molecule has 0 saturated heterocycles. The third-order valence-corrected chi connectivity index (χ3v) is 4.22. The van der Waals surface area contributed by atoms with Gasteiger partial charge in [-0.1, -0.05) is 77.2 Å². The largest absolute Gasteiger partial charge is 0.481 e. The molecule has 124 valence electrons. The van der Waals surface area contributed by atoms with Crippen LogP contribution in [0, 0.1) is 5.92 Å². The molecule has 0 saturated carbocycles. The molecule has 0 aliphatic carbocycles. The predicted octanol–water partition coefficient (Wildman–Crippen LogP) is 6.35. The van der Waals surface area contributed by atoms with Crippen molar-refractivity contribution < 1.29 is 9.90 Å². The molecule has 0 aliphatic heterocycles. The summed E-state index contributed by atoms with van der Waals surface area (Å²) in [5, 5.41) is 9.24. The fourth-order valence-corrected chi connectivity index (χ4v) is 2.77. The molecule has 1 atom stereocenters. The Balaban J connectivity index is 3.47. The van der Waals surface area contributed by atoms with Crippen LogP contribution in [-0.2, 0) is 4.79 Å². The van der Waals surface area contributed by atoms with Gasteiger partial charge in [0.2, 0.25) is 0 Å². The van der Waals surface area contributed by atoms with Gasteiger partial charge in [0.05, 0.1) is 5.92 Å². The third kappa shape index (κ3) is 13.9. The lowest BCUT2D eigenvalue weighted by molar-refractivity contribution is -0.142. The molecule has 1 N–H and O–H groups in total. The quantitative estimate of drug-likeness (QED) is 0.266. The molecule has 0 bridgehead atoms. The van der Waals surface area contributed by atoms with Gasteiger partial charge in [-0.15, -0.1) is 6.58 Å². The Labute approximate surface area is 132 Å². The van der Waals surface area contributed by atoms with Crippen molar-refractivity contribution in [3.8, 4) is 0 Å². The normalized spacial score (nSPS) is 12.2. The van der Waals surface area contributed by atoms with Crippen molar-refractivity contribution in [2.75, 3.05) is 0 Å². The molecule has 0 rings (SSSR count). The van der Waals surface area contributed by atoms with Crippen LogP contribution < -0.4 is 0 Å². The average molecular weight is 296 g/mol. The maximum atomic E-state index is 11.2. The number of aliphatic carboxylic acids is 1. The van der Waals surface area contributed by atoms with Crippen LogP contribution in [0.1, 0.15) is 96.8 Å². The van der Waals surface area contributed by atoms with E-state index in [1.807, 2.05) is 6.08 Å². The Morgan fingerprint density at radius 1 is 0.905 bits per heavy atom. The highest BCUT2D eigenvalue weighted by molar-refractivity contribution is 5.69. The van der Waals surface area contributed by atoms with Gasteiger partial charge >= 0.3 is 5.97 Å². The summed E-state index contributed by atoms with van der Waals surface area (Å²) in [5.41, 5.74) is 0. The molecule has 0 spiro atoms. The summed E-state index contributed by atoms with van der Waals surface area (Å²) in [6, 6.07) is 0. The van der Waals surface area contributed by atoms with Gasteiger partial charge in [0, 0.05) is 0 Å². The van der Waals surface area contributed by atoms with E-state index in [0.717, 1.165) is 32.1 Å². The van der Waals surface area contributed by atoms with E-state index in [9.17, 15) is 9.90 Å². The van der Waals surface area contributed by atoms with Crippen molar-refractivity contribution in [1.82, 2.24) is 0 Å². The molecule has 0 amide bonds. The number of rotatable bonds is 16. The first-order valence-corrected chi connectivity index (χ1v) is 9.06. The standard InChI is InChI=1S/C19H36O2/c1-3-5-7-9-10-11-12-13-15-17-18(19(20)21)16-14-8-6-4-2/h3,18H,1,4-17H2,2H3,(H,20,21). The minimum atomic E-state index is -0.587. The fourth-order valence-electron chi connectivity index (χ4n) is 2.77. The van der Waals surface area contributed by atoms with Gasteiger partial charge in [-0.3, -0.25) is 4.79 Å². The molecular weight excluding hydrogens is 260 g/mol. The van der Waals surface area contributed by atoms with E-state index >= 15 is 0 Å². The molecule has 2 nitrogen and oxygen atoms in total. The summed E-state index contributed by atoms with van der Waals surface area (Å²) in [5.74, 6) is -0.689. The highest BCUT2D eigenvalue weighted by Gasteiger charge is 2.15. The van der Waals surface area contributed by atoms with Crippen molar-refractivity contribution in [3.05, 3.63) is 12.7 Å². The first kappa shape index (κ1) is 20.2. The molecule has 0 fully saturated rings. The fraction of sp³-hybridized carbons (Fsp3) is 0.842. The summed E-state index contributed by atoms with van der Waals surface area (Å²) >= 11 is 0. The smallest absolute Gasteiger partial charge is 0.306 e. The molecular formula is C19H36O2. The number of carboxylic acid groups (broad SMARTS) is 1. The molecule has 0 aliphatic rings. The van der Waals surface area contributed by atoms with E-state index in [1.165, 1.54) is 57.8 Å². The number of carboxylic acids is 1. The van der Waals surface area contributed by atoms with Crippen molar-refractivity contribution in [2.45, 2.75) is 96.8 Å². The van der Waals surface area contributed by atoms with Crippen molar-refractivity contribution in [2.24, 2.45) is 5.92 Å². The lowest BCUT2D eigenvalue weighted by atomic mass is 9.94. The van der Waals surface area contributed by atoms with E-state index in [-0.39, 0.29) is 5.92 Å². The van der Waals surface area contributed by atoms with Crippen molar-refractivity contribution in [1.29, 1.82) is 0 Å². The van der Waals surface area contributed by atoms with E-state index in [2.05, 4.69) is 13.5 Å². The average Bonchev–Trinajstić information content (AvgIpc) is 2.47. The monoisotopic (exact) mass is 296 g/mol. The van der Waals surface area contributed by atoms with Crippen LogP contribution in [0.15, 0.2) is 12.7 Å². The first-order valence-electron chi connectivity index (χ1n) is 9.06. The molecule has 0 heterocycles. The Morgan fingerprint density at radius 2 is 1.38 bits per heavy atom. The molecule has 0 aromatic carbocycles. The van der Waals surface area contributed by atoms with Gasteiger partial charge in [0.25, 0.3) is 0 Å². The first-order chi connectivity index (χ1) is 10.2. The maximum absolute atomic E-state index is 11.2. The highest BCUT2D eigenvalue weighted by atomic mass is 16.4. The minimum Gasteiger partial charge on any atom is -0.481 e. The zero-order valence-electron chi connectivity index (χ0n) is 14.1. The Bertz CT molecular complexity index is 248. The molecule has 0 radical (unpaired) electrons. The second kappa shape index (κ2) is 15.6. The predicted molar refractivity (Wildman–Crippen MR) is 91.6 cm³/mol. The van der Waals surface area contributed by atoms with Crippen LogP contribution in [0.3, 0.4) is 0 Å². The third-order valence-electron chi connectivity index (χ3n) is 4.22. The Kier molecular flexibility index (Phi) is 15.0. The zero-order valence-corrected chi connectivity index (χ0v) is 14.1. The van der Waals surface area contributed by atoms with Gasteiger partial charge in [0.15, 0.2) is 0 Å². The summed E-state index contributed by atoms with van der Waals surface area (Å²) in [6.07, 6.45) is 18.3. The molecule has 21 heavy (non-hydrogen) atoms. The molecule has 0 aromatic rings. The van der Waals surface area contributed by atoms with Gasteiger partial charge in [-0.05, 0) is 25.7 Å². The van der Waals surface area contributed by atoms with Crippen molar-refractivity contribution >= 4 is 5.97 Å². The van der Waals surface area contributed by atoms with Crippen LogP contribution >= 0.6 is 0 Å². The second-order valence-corrected chi connectivity index (χ2v) is 6.23. The van der Waals surface area contributed by atoms with Crippen LogP contribution in [0.5, 0.6) is 0 Å². The Morgan fingerprint density at radius 3 is 1.86 bits per heavy atom. The van der Waals surface area contributed by atoms with Crippen molar-refractivity contribution in [3.63, 3.8) is 0 Å². The maximum Gasteiger partial charge on any atom is 0.306 e. The summed E-state index contributed by atoms with van der Waals surface area (Å²) in [7, 11) is 0. The van der Waals surface area contributed by atoms with Gasteiger partial charge in [-0.2, -0.15) is 0 Å². The minimum absolute atomic E-state index is 0.102. The van der Waals surface area contributed by atoms with E-state index in [4.69, 9.17) is 0 Å². The van der Waals surface area contributed by atoms with E-state index in [0.29, 0.717) is 0 Å². The summed E-state index contributed by atoms with van der Waals surface area (Å²) < 4.78 is 0. The van der Waals surface area contributed by atoms with Gasteiger partial charge in [-0.25, -0.2) is 0 Å². The lowest BCUT2D eigenvalue weighted by Crippen LogP contribution is -2.13. The Hall–Kier alpha value is -0.790. The molecule has 1 unspecified atom stereocenters. The molecule has 0 aromatic heterocycles. The lowest BCUT2D eigenvalue weighted by Gasteiger charge is -2.11. The van der Waals surface area contributed by atoms with Crippen LogP contribution in [0.4, 0.5) is 0 Å². The molecule has 2 heteroatoms. The van der Waals surface area contributed by atoms with E-state index in [1.54, 1.807) is 0 Å². The second-order valence-electron chi connectivity index (χ2n) is 6.23. The summed E-state index contributed by atoms with van der Waals surface area (Å²) in [4.78, 5) is 11.2. The zero-order chi connectivity index (χ0) is 15.8. The topological polar surface area (TPSA) is 37.3 Å². The van der Waals surface area contributed by atoms with Crippen LogP contribution in [-0.4, -0.2) is 11.1 Å². The number of allylic oxidation sites excluding steroid dienone is 1. The van der Waals surface area contributed by atoms with Gasteiger partial charge in [0.1, 0.15) is 0 Å². The van der Waals surface area contributed by atoms with E-state index < -0.39 is 5.97 Å². The van der Waals surface area contributed by atoms with Crippen LogP contribution in [0.2, 0.25) is 0 Å². The number of hydrogen-bond acceptors (Lipinski definition) is 1. The van der Waals surface area contributed by atoms with Crippen LogP contribution in [0.25, 0.3) is 0 Å². The van der Waals surface area contributed by atoms with Gasteiger partial charge < -0.3 is 5.11 Å². The number of carbonyl (C=O) groups is 1. The number of unbranched alkanes of at least 4 members (excludes halogenated alkanes) is 10.